The van der Waals surface area contributed by atoms with Crippen LogP contribution in [0.1, 0.15) is 48.9 Å². The molecule has 140 valence electrons. The molecule has 3 heterocycles. The molecule has 0 bridgehead atoms. The molecule has 2 aliphatic rings. The second-order valence-electron chi connectivity index (χ2n) is 7.61. The van der Waals surface area contributed by atoms with Gasteiger partial charge in [-0.15, -0.1) is 0 Å². The van der Waals surface area contributed by atoms with E-state index in [4.69, 9.17) is 16.7 Å². The first kappa shape index (κ1) is 17.9. The van der Waals surface area contributed by atoms with Crippen LogP contribution in [0.3, 0.4) is 0 Å². The Hall–Kier alpha value is -1.52. The fourth-order valence-corrected chi connectivity index (χ4v) is 4.39. The van der Waals surface area contributed by atoms with Crippen molar-refractivity contribution in [2.45, 2.75) is 51.9 Å². The second kappa shape index (κ2) is 8.01. The third-order valence-electron chi connectivity index (χ3n) is 5.79. The Balaban J connectivity index is 1.66. The molecule has 0 atom stereocenters. The minimum absolute atomic E-state index is 0.801. The first-order valence-corrected chi connectivity index (χ1v) is 10.4. The van der Waals surface area contributed by atoms with Crippen LogP contribution < -0.4 is 5.32 Å². The Morgan fingerprint density at radius 1 is 1.12 bits per heavy atom. The number of nitrogens with zero attached hydrogens (tertiary/aromatic N) is 3. The van der Waals surface area contributed by atoms with Crippen molar-refractivity contribution in [3.8, 4) is 5.69 Å². The van der Waals surface area contributed by atoms with Gasteiger partial charge in [-0.1, -0.05) is 24.1 Å². The number of fused-ring (bicyclic) bond motifs is 1. The van der Waals surface area contributed by atoms with Gasteiger partial charge >= 0.3 is 0 Å². The van der Waals surface area contributed by atoms with E-state index >= 15 is 0 Å². The number of hydrogen-bond donors (Lipinski definition) is 1. The van der Waals surface area contributed by atoms with Crippen LogP contribution in [0.4, 0.5) is 5.82 Å². The molecule has 1 aromatic heterocycles. The average molecular weight is 373 g/mol. The molecule has 4 nitrogen and oxygen atoms in total. The SMILES string of the molecule is Cc1c(Cl)cccc1-n1nc(CCN2CCCCC2)c2c1NCCCC2. The van der Waals surface area contributed by atoms with Gasteiger partial charge in [0.05, 0.1) is 11.4 Å². The quantitative estimate of drug-likeness (QED) is 0.850. The van der Waals surface area contributed by atoms with E-state index in [1.807, 2.05) is 12.1 Å². The summed E-state index contributed by atoms with van der Waals surface area (Å²) in [4.78, 5) is 2.60. The highest BCUT2D eigenvalue weighted by atomic mass is 35.5. The zero-order valence-electron chi connectivity index (χ0n) is 15.7. The molecule has 1 saturated heterocycles. The number of piperidine rings is 1. The Morgan fingerprint density at radius 2 is 1.96 bits per heavy atom. The van der Waals surface area contributed by atoms with Gasteiger partial charge in [0.25, 0.3) is 0 Å². The largest absolute Gasteiger partial charge is 0.370 e. The van der Waals surface area contributed by atoms with E-state index in [-0.39, 0.29) is 0 Å². The Kier molecular flexibility index (Phi) is 5.51. The molecule has 0 spiro atoms. The molecule has 1 N–H and O–H groups in total. The topological polar surface area (TPSA) is 33.1 Å². The first-order valence-electron chi connectivity index (χ1n) is 10.1. The predicted molar refractivity (Wildman–Crippen MR) is 109 cm³/mol. The molecule has 26 heavy (non-hydrogen) atoms. The number of nitrogens with one attached hydrogen (secondary N) is 1. The zero-order valence-corrected chi connectivity index (χ0v) is 16.5. The van der Waals surface area contributed by atoms with E-state index < -0.39 is 0 Å². The van der Waals surface area contributed by atoms with E-state index in [1.165, 1.54) is 62.3 Å². The maximum Gasteiger partial charge on any atom is 0.133 e. The summed E-state index contributed by atoms with van der Waals surface area (Å²) in [6, 6.07) is 6.09. The summed E-state index contributed by atoms with van der Waals surface area (Å²) in [5.74, 6) is 1.18. The van der Waals surface area contributed by atoms with Crippen molar-refractivity contribution in [3.05, 3.63) is 40.0 Å². The lowest BCUT2D eigenvalue weighted by Crippen LogP contribution is -2.31. The smallest absolute Gasteiger partial charge is 0.133 e. The number of anilines is 1. The molecule has 1 fully saturated rings. The summed E-state index contributed by atoms with van der Waals surface area (Å²) in [5.41, 5.74) is 4.86. The third kappa shape index (κ3) is 3.63. The maximum absolute atomic E-state index is 6.38. The van der Waals surface area contributed by atoms with Gasteiger partial charge in [-0.2, -0.15) is 5.10 Å². The highest BCUT2D eigenvalue weighted by Gasteiger charge is 2.22. The summed E-state index contributed by atoms with van der Waals surface area (Å²) in [6.45, 7) is 6.71. The van der Waals surface area contributed by atoms with Crippen LogP contribution in [-0.2, 0) is 12.8 Å². The van der Waals surface area contributed by atoms with Crippen LogP contribution in [0.2, 0.25) is 5.02 Å². The molecule has 0 saturated carbocycles. The lowest BCUT2D eigenvalue weighted by molar-refractivity contribution is 0.230. The summed E-state index contributed by atoms with van der Waals surface area (Å²) >= 11 is 6.38. The van der Waals surface area contributed by atoms with Gasteiger partial charge in [0.15, 0.2) is 0 Å². The second-order valence-corrected chi connectivity index (χ2v) is 8.01. The van der Waals surface area contributed by atoms with Gasteiger partial charge in [0.2, 0.25) is 0 Å². The van der Waals surface area contributed by atoms with Gasteiger partial charge in [-0.3, -0.25) is 0 Å². The van der Waals surface area contributed by atoms with Crippen molar-refractivity contribution < 1.29 is 0 Å². The molecule has 0 amide bonds. The van der Waals surface area contributed by atoms with Crippen LogP contribution in [0, 0.1) is 6.92 Å². The van der Waals surface area contributed by atoms with Crippen LogP contribution in [0.5, 0.6) is 0 Å². The van der Waals surface area contributed by atoms with Crippen molar-refractivity contribution in [3.63, 3.8) is 0 Å². The lowest BCUT2D eigenvalue weighted by Gasteiger charge is -2.26. The van der Waals surface area contributed by atoms with Crippen molar-refractivity contribution in [2.24, 2.45) is 0 Å². The molecule has 2 aliphatic heterocycles. The molecular formula is C21H29ClN4. The number of aromatic nitrogens is 2. The van der Waals surface area contributed by atoms with E-state index in [1.54, 1.807) is 0 Å². The summed E-state index contributed by atoms with van der Waals surface area (Å²) in [5, 5.41) is 9.50. The molecule has 5 heteroatoms. The number of rotatable bonds is 4. The van der Waals surface area contributed by atoms with Crippen molar-refractivity contribution in [1.82, 2.24) is 14.7 Å². The molecule has 0 aliphatic carbocycles. The highest BCUT2D eigenvalue weighted by Crippen LogP contribution is 2.31. The van der Waals surface area contributed by atoms with Gasteiger partial charge in [0, 0.05) is 30.1 Å². The Bertz CT molecular complexity index is 762. The van der Waals surface area contributed by atoms with Gasteiger partial charge in [-0.25, -0.2) is 4.68 Å². The molecule has 0 unspecified atom stereocenters. The number of halogens is 1. The monoisotopic (exact) mass is 372 g/mol. The van der Waals surface area contributed by atoms with Gasteiger partial charge in [-0.05, 0) is 69.8 Å². The van der Waals surface area contributed by atoms with Crippen molar-refractivity contribution in [1.29, 1.82) is 0 Å². The zero-order chi connectivity index (χ0) is 17.9. The van der Waals surface area contributed by atoms with E-state index in [9.17, 15) is 0 Å². The van der Waals surface area contributed by atoms with E-state index in [0.29, 0.717) is 0 Å². The lowest BCUT2D eigenvalue weighted by atomic mass is 10.1. The minimum Gasteiger partial charge on any atom is -0.370 e. The van der Waals surface area contributed by atoms with Gasteiger partial charge in [0.1, 0.15) is 5.82 Å². The molecule has 4 rings (SSSR count). The summed E-state index contributed by atoms with van der Waals surface area (Å²) in [6.07, 6.45) is 8.68. The average Bonchev–Trinajstić information content (AvgIpc) is 2.83. The number of likely N-dealkylation sites (tertiary alicyclic amines) is 1. The Labute approximate surface area is 161 Å². The fourth-order valence-electron chi connectivity index (χ4n) is 4.22. The van der Waals surface area contributed by atoms with Crippen LogP contribution in [0.25, 0.3) is 5.69 Å². The first-order chi connectivity index (χ1) is 12.7. The number of hydrogen-bond acceptors (Lipinski definition) is 3. The van der Waals surface area contributed by atoms with E-state index in [0.717, 1.165) is 42.2 Å². The standard InChI is InChI=1S/C21H29ClN4/c1-16-18(22)9-7-10-20(16)26-21-17(8-3-4-12-23-21)19(24-26)11-15-25-13-5-2-6-14-25/h7,9-10,23H,2-6,8,11-15H2,1H3. The molecule has 0 radical (unpaired) electrons. The van der Waals surface area contributed by atoms with E-state index in [2.05, 4.69) is 27.9 Å². The van der Waals surface area contributed by atoms with Crippen LogP contribution >= 0.6 is 11.6 Å². The molecular weight excluding hydrogens is 344 g/mol. The molecule has 2 aromatic rings. The highest BCUT2D eigenvalue weighted by molar-refractivity contribution is 6.31. The van der Waals surface area contributed by atoms with Crippen molar-refractivity contribution >= 4 is 17.4 Å². The van der Waals surface area contributed by atoms with Gasteiger partial charge < -0.3 is 10.2 Å². The third-order valence-corrected chi connectivity index (χ3v) is 6.20. The fraction of sp³-hybridized carbons (Fsp3) is 0.571. The summed E-state index contributed by atoms with van der Waals surface area (Å²) in [7, 11) is 0. The van der Waals surface area contributed by atoms with Crippen LogP contribution in [0.15, 0.2) is 18.2 Å². The predicted octanol–water partition coefficient (Wildman–Crippen LogP) is 4.61. The van der Waals surface area contributed by atoms with Crippen LogP contribution in [-0.4, -0.2) is 40.9 Å². The number of benzene rings is 1. The minimum atomic E-state index is 0.801. The normalized spacial score (nSPS) is 18.2. The summed E-state index contributed by atoms with van der Waals surface area (Å²) < 4.78 is 2.10. The maximum atomic E-state index is 6.38. The van der Waals surface area contributed by atoms with Crippen molar-refractivity contribution in [2.75, 3.05) is 31.5 Å². The molecule has 1 aromatic carbocycles. The Morgan fingerprint density at radius 3 is 2.81 bits per heavy atom.